The summed E-state index contributed by atoms with van der Waals surface area (Å²) in [4.78, 5) is 94.5. The summed E-state index contributed by atoms with van der Waals surface area (Å²) in [6.45, 7) is 37.7. The van der Waals surface area contributed by atoms with E-state index in [1.54, 1.807) is 16.2 Å². The Morgan fingerprint density at radius 1 is 0.480 bits per heavy atom. The van der Waals surface area contributed by atoms with Crippen LogP contribution in [0.15, 0.2) is 166 Å². The van der Waals surface area contributed by atoms with Gasteiger partial charge < -0.3 is 74.1 Å². The van der Waals surface area contributed by atoms with Crippen LogP contribution in [0, 0.1) is 34.1 Å². The number of aliphatic hydroxyl groups excluding tert-OH is 1. The average Bonchev–Trinajstić information content (AvgIpc) is 0.698. The summed E-state index contributed by atoms with van der Waals surface area (Å²) >= 11 is 0. The number of fused-ring (bicyclic) bond motifs is 2. The van der Waals surface area contributed by atoms with Crippen molar-refractivity contribution in [2.24, 2.45) is 5.92 Å². The third-order valence-electron chi connectivity index (χ3n) is 18.5. The summed E-state index contributed by atoms with van der Waals surface area (Å²) in [7, 11) is 3.33. The molecule has 27 heteroatoms. The Labute approximate surface area is 738 Å². The number of aryl methyl sites for hydroxylation is 3. The summed E-state index contributed by atoms with van der Waals surface area (Å²) in [6, 6.07) is 35.9. The van der Waals surface area contributed by atoms with Gasteiger partial charge in [0.05, 0.1) is 92.4 Å². The smallest absolute Gasteiger partial charge is 0.330 e. The van der Waals surface area contributed by atoms with Crippen molar-refractivity contribution in [1.82, 2.24) is 9.80 Å². The number of nitrogens with zero attached hydrogens (tertiary/aromatic N) is 2. The number of benzene rings is 8. The Kier molecular flexibility index (Phi) is 55.2. The number of amides is 4. The van der Waals surface area contributed by atoms with Gasteiger partial charge in [0.15, 0.2) is 0 Å². The van der Waals surface area contributed by atoms with Crippen LogP contribution >= 0.6 is 9.12 Å². The number of ether oxygens (including phenoxy) is 13. The largest absolute Gasteiger partial charge is 0.493 e. The molecule has 0 aliphatic carbocycles. The second-order valence-corrected chi connectivity index (χ2v) is 27.0. The molecule has 1 heterocycles. The number of esters is 4. The van der Waals surface area contributed by atoms with Crippen molar-refractivity contribution in [3.8, 4) is 17.2 Å². The summed E-state index contributed by atoms with van der Waals surface area (Å²) in [6.07, 6.45) is 18.2. The number of imide groups is 2. The van der Waals surface area contributed by atoms with Crippen molar-refractivity contribution in [3.05, 3.63) is 223 Å². The van der Waals surface area contributed by atoms with Crippen LogP contribution in [-0.4, -0.2) is 202 Å². The number of methoxy groups -OCH3 is 1. The van der Waals surface area contributed by atoms with Crippen LogP contribution in [0.3, 0.4) is 0 Å². The normalized spacial score (nSPS) is 11.3. The van der Waals surface area contributed by atoms with Crippen LogP contribution in [0.25, 0.3) is 61.3 Å². The van der Waals surface area contributed by atoms with Crippen LogP contribution in [0.4, 0.5) is 0 Å². The maximum absolute atomic E-state index is 13.4. The van der Waals surface area contributed by atoms with Gasteiger partial charge in [-0.25, -0.2) is 19.2 Å². The molecule has 1 N–H and O–H groups in total. The van der Waals surface area contributed by atoms with E-state index in [2.05, 4.69) is 83.0 Å². The van der Waals surface area contributed by atoms with E-state index in [-0.39, 0.29) is 109 Å². The average molecular weight is 1750 g/mol. The number of hydrogen-bond donors (Lipinski definition) is 1. The molecule has 8 aromatic carbocycles. The fourth-order valence-electron chi connectivity index (χ4n) is 12.3. The zero-order valence-electron chi connectivity index (χ0n) is 73.1. The van der Waals surface area contributed by atoms with E-state index in [0.29, 0.717) is 102 Å². The second-order valence-electron chi connectivity index (χ2n) is 27.0. The van der Waals surface area contributed by atoms with Gasteiger partial charge >= 0.3 is 23.9 Å². The first-order chi connectivity index (χ1) is 58.6. The molecule has 1 atom stereocenters. The molecule has 1 unspecified atom stereocenters. The van der Waals surface area contributed by atoms with Gasteiger partial charge in [0.1, 0.15) is 66.0 Å². The van der Waals surface area contributed by atoms with Crippen LogP contribution in [0.2, 0.25) is 0 Å². The van der Waals surface area contributed by atoms with Gasteiger partial charge in [0.2, 0.25) is 11.8 Å². The summed E-state index contributed by atoms with van der Waals surface area (Å²) in [5.41, 5.74) is 8.65. The van der Waals surface area contributed by atoms with E-state index >= 15 is 0 Å². The Morgan fingerprint density at radius 3 is 1.32 bits per heavy atom. The number of carbonyl (C=O) groups is 8. The van der Waals surface area contributed by atoms with Gasteiger partial charge in [0.25, 0.3) is 11.8 Å². The minimum Gasteiger partial charge on any atom is -0.493 e. The fourth-order valence-corrected chi connectivity index (χ4v) is 12.3. The van der Waals surface area contributed by atoms with Crippen LogP contribution in [0.5, 0.6) is 17.2 Å². The van der Waals surface area contributed by atoms with E-state index in [1.807, 2.05) is 130 Å². The minimum atomic E-state index is -0.477. The fraction of sp³-hybridized carbons (Fsp3) is 0.385. The quantitative estimate of drug-likeness (QED) is 0.00354. The minimum absolute atomic E-state index is 0. The second kappa shape index (κ2) is 62.5. The number of unbranched alkanes of at least 4 members (excludes halogenated alkanes) is 1. The molecule has 0 fully saturated rings. The van der Waals surface area contributed by atoms with E-state index < -0.39 is 23.9 Å². The summed E-state index contributed by atoms with van der Waals surface area (Å²) in [5.74, 6) is -0.0462. The Bertz CT molecular complexity index is 4560. The molecule has 1 aliphatic heterocycles. The molecule has 665 valence electrons. The number of rotatable bonds is 46. The Morgan fingerprint density at radius 2 is 0.894 bits per heavy atom. The van der Waals surface area contributed by atoms with Gasteiger partial charge in [-0.2, -0.15) is 0 Å². The number of aliphatic hydroxyl groups is 1. The summed E-state index contributed by atoms with van der Waals surface area (Å²) < 4.78 is 75.6. The SMILES string of the molecule is C=CC(=O)OCCOCCC.C=CC(=O)OCCOCCOCCOCCN(C(C)=O)C(C)=O.C=CC(=O)OCCOc1ccc(/C=C/C)cc1.C=CC(=O)OCCOc1ccc(/C=C/c2cc(CO)c(C)cc2OCC(CC)CCCC)cc1.COCCOCCN1C(=O)c2ccc3c4ccc(C)c5c(C)ccc(c6ccc(c2c36)C1=O)c54.O=P.[CH3-].[V]. The van der Waals surface area contributed by atoms with E-state index in [1.165, 1.54) is 59.9 Å². The molecule has 0 saturated heterocycles. The molecule has 4 amide bonds. The molecule has 0 spiro atoms. The molecular formula is C96H122N2O23PV-. The monoisotopic (exact) mass is 1750 g/mol. The maximum Gasteiger partial charge on any atom is 0.330 e. The topological polar surface area (TPSA) is 300 Å². The van der Waals surface area contributed by atoms with Crippen molar-refractivity contribution < 1.29 is 128 Å². The molecule has 1 radical (unpaired) electrons. The van der Waals surface area contributed by atoms with Crippen LogP contribution in [-0.2, 0) is 106 Å². The standard InChI is InChI=1S/C29H25NO4.C29H38O5.C15H25NO7.C14H16O3.C8H14O3.CH3.HOP.V/c1-16-4-6-18-20-8-10-22-27-23(29(32)30(28(22)31)12-13-34-15-14-33-3)11-9-21(26(20)27)19-7-5-17(2)24(16)25(18)19;1-5-8-9-23(6-2)21-34-28-18-22(4)26(20-30)19-25(28)13-10-24-11-14-27(15-12-24)32-16-17-33-29(31)7-3;1-4-15(19)23-12-11-22-10-9-21-8-7-20-6-5-16(13(2)17)14(3)18;1-3-5-12-6-8-13(9-7-12)16-10-11-17-14(15)4-2;1-3-5-10-6-7-11-8(9)4-2;;1-2;/h4-11H,12-15H2,1-3H3;7,10-15,18-19,23,30H,3,5-6,8-9,16-17,20-21H2,1-2,4H3;4H,1,5-12H2,2-3H3;3-9H,2,10-11H2,1H3;4H,2-3,5-7H2,1H3;1H3;2H;/q;;;;;-1;;/b;13-10+;;5-3+;;;;. The molecule has 1 aliphatic rings. The Balaban J connectivity index is 0.000000541. The van der Waals surface area contributed by atoms with Crippen molar-refractivity contribution in [2.75, 3.05) is 139 Å². The van der Waals surface area contributed by atoms with E-state index in [4.69, 9.17) is 61.4 Å². The van der Waals surface area contributed by atoms with Crippen LogP contribution < -0.4 is 14.2 Å². The molecule has 9 rings (SSSR count). The molecule has 8 aromatic rings. The molecular weight excluding hydrogens is 1630 g/mol. The number of allylic oxidation sites excluding steroid dienone is 1. The maximum atomic E-state index is 13.4. The van der Waals surface area contributed by atoms with Crippen molar-refractivity contribution in [2.45, 2.75) is 101 Å². The third kappa shape index (κ3) is 37.2. The van der Waals surface area contributed by atoms with E-state index in [0.717, 1.165) is 114 Å². The van der Waals surface area contributed by atoms with Crippen LogP contribution in [0.1, 0.15) is 133 Å². The van der Waals surface area contributed by atoms with E-state index in [9.17, 15) is 43.5 Å². The summed E-state index contributed by atoms with van der Waals surface area (Å²) in [5, 5.41) is 18.5. The third-order valence-corrected chi connectivity index (χ3v) is 18.5. The van der Waals surface area contributed by atoms with Gasteiger partial charge in [-0.3, -0.25) is 33.5 Å². The van der Waals surface area contributed by atoms with Crippen molar-refractivity contribution in [1.29, 1.82) is 0 Å². The number of hydrogen-bond acceptors (Lipinski definition) is 23. The molecule has 0 bridgehead atoms. The van der Waals surface area contributed by atoms with Gasteiger partial charge in [-0.15, -0.1) is 0 Å². The molecule has 0 aromatic heterocycles. The zero-order chi connectivity index (χ0) is 88.9. The molecule has 0 saturated carbocycles. The van der Waals surface area contributed by atoms with Crippen molar-refractivity contribution >= 4 is 118 Å². The first-order valence-corrected chi connectivity index (χ1v) is 40.7. The molecule has 123 heavy (non-hydrogen) atoms. The van der Waals surface area contributed by atoms with Gasteiger partial charge in [-0.1, -0.05) is 151 Å². The first-order valence-electron chi connectivity index (χ1n) is 40.3. The zero-order valence-corrected chi connectivity index (χ0v) is 75.5. The number of carbonyl (C=O) groups excluding carboxylic acids is 8. The first kappa shape index (κ1) is 109. The predicted octanol–water partition coefficient (Wildman–Crippen LogP) is 17.0. The van der Waals surface area contributed by atoms with Gasteiger partial charge in [-0.05, 0) is 166 Å². The molecule has 25 nitrogen and oxygen atoms in total. The van der Waals surface area contributed by atoms with Crippen molar-refractivity contribution in [3.63, 3.8) is 0 Å². The van der Waals surface area contributed by atoms with Gasteiger partial charge in [0, 0.05) is 92.5 Å². The predicted molar refractivity (Wildman–Crippen MR) is 480 cm³/mol. The Hall–Kier alpha value is -10.5.